The van der Waals surface area contributed by atoms with Crippen molar-refractivity contribution in [2.24, 2.45) is 7.05 Å². The number of halogens is 6. The summed E-state index contributed by atoms with van der Waals surface area (Å²) in [4.78, 5) is 27.6. The molecule has 1 aromatic heterocycles. The second kappa shape index (κ2) is 13.1. The maximum absolute atomic E-state index is 13.5. The van der Waals surface area contributed by atoms with Crippen molar-refractivity contribution in [2.45, 2.75) is 37.7 Å². The van der Waals surface area contributed by atoms with E-state index in [-0.39, 0.29) is 25.3 Å². The van der Waals surface area contributed by atoms with Crippen molar-refractivity contribution >= 4 is 28.4 Å². The molecule has 7 nitrogen and oxygen atoms in total. The molecule has 4 rings (SSSR count). The Balaban J connectivity index is 1.64. The Morgan fingerprint density at radius 1 is 0.889 bits per heavy atom. The fourth-order valence-electron chi connectivity index (χ4n) is 5.16. The number of ether oxygens (including phenoxy) is 2. The normalized spacial score (nSPS) is 12.6. The number of fused-ring (bicyclic) bond motifs is 1. The standard InChI is InChI=1S/C32H31F6N3O4/c1-40-18-20(25-7-5-6-8-26(25)40)15-24(10-12-29(42)39-23-9-11-27(44-3)28(17-23)45-4)41(2)30(43)19-13-21(31(33,34)35)16-22(14-19)32(36,37)38/h5-9,11,13-14,16-18,24H,10,12,15H2,1-4H3,(H,39,42). The summed E-state index contributed by atoms with van der Waals surface area (Å²) in [5.74, 6) is -0.635. The molecule has 1 N–H and O–H groups in total. The van der Waals surface area contributed by atoms with Crippen LogP contribution in [0.25, 0.3) is 10.9 Å². The minimum atomic E-state index is -5.11. The van der Waals surface area contributed by atoms with Crippen LogP contribution in [-0.4, -0.2) is 48.6 Å². The van der Waals surface area contributed by atoms with Crippen LogP contribution in [0.2, 0.25) is 0 Å². The molecule has 0 bridgehead atoms. The molecule has 1 unspecified atom stereocenters. The topological polar surface area (TPSA) is 72.8 Å². The first-order valence-corrected chi connectivity index (χ1v) is 13.7. The molecule has 0 spiro atoms. The number of aryl methyl sites for hydroxylation is 1. The van der Waals surface area contributed by atoms with Gasteiger partial charge >= 0.3 is 12.4 Å². The van der Waals surface area contributed by atoms with Gasteiger partial charge < -0.3 is 24.3 Å². The van der Waals surface area contributed by atoms with E-state index in [9.17, 15) is 35.9 Å². The fourth-order valence-corrected chi connectivity index (χ4v) is 5.16. The number of carbonyl (C=O) groups is 2. The highest BCUT2D eigenvalue weighted by molar-refractivity contribution is 5.95. The van der Waals surface area contributed by atoms with E-state index < -0.39 is 46.9 Å². The number of methoxy groups -OCH3 is 2. The second-order valence-corrected chi connectivity index (χ2v) is 10.5. The van der Waals surface area contributed by atoms with Gasteiger partial charge in [-0.1, -0.05) is 18.2 Å². The minimum Gasteiger partial charge on any atom is -0.493 e. The molecule has 0 aliphatic carbocycles. The summed E-state index contributed by atoms with van der Waals surface area (Å²) in [5.41, 5.74) is -1.85. The van der Waals surface area contributed by atoms with Gasteiger partial charge in [0.1, 0.15) is 0 Å². The van der Waals surface area contributed by atoms with Gasteiger partial charge in [-0.3, -0.25) is 9.59 Å². The molecule has 45 heavy (non-hydrogen) atoms. The Labute approximate surface area is 255 Å². The lowest BCUT2D eigenvalue weighted by molar-refractivity contribution is -0.143. The fraction of sp³-hybridized carbons (Fsp3) is 0.312. The van der Waals surface area contributed by atoms with Crippen molar-refractivity contribution < 1.29 is 45.4 Å². The summed E-state index contributed by atoms with van der Waals surface area (Å²) in [6.45, 7) is 0. The third-order valence-corrected chi connectivity index (χ3v) is 7.51. The highest BCUT2D eigenvalue weighted by Crippen LogP contribution is 2.37. The average molecular weight is 636 g/mol. The number of hydrogen-bond donors (Lipinski definition) is 1. The molecule has 0 saturated heterocycles. The van der Waals surface area contributed by atoms with E-state index >= 15 is 0 Å². The number of alkyl halides is 6. The zero-order chi connectivity index (χ0) is 33.1. The summed E-state index contributed by atoms with van der Waals surface area (Å²) in [6, 6.07) is 12.2. The van der Waals surface area contributed by atoms with Gasteiger partial charge in [0.25, 0.3) is 5.91 Å². The van der Waals surface area contributed by atoms with Crippen molar-refractivity contribution in [3.05, 3.63) is 89.1 Å². The summed E-state index contributed by atoms with van der Waals surface area (Å²) in [6.07, 6.45) is -8.27. The minimum absolute atomic E-state index is 0.0249. The summed E-state index contributed by atoms with van der Waals surface area (Å²) in [7, 11) is 6.04. The molecular formula is C32H31F6N3O4. The number of rotatable bonds is 10. The zero-order valence-electron chi connectivity index (χ0n) is 24.8. The van der Waals surface area contributed by atoms with E-state index in [2.05, 4.69) is 5.32 Å². The first-order chi connectivity index (χ1) is 21.1. The largest absolute Gasteiger partial charge is 0.493 e. The van der Waals surface area contributed by atoms with Crippen LogP contribution < -0.4 is 14.8 Å². The van der Waals surface area contributed by atoms with Gasteiger partial charge in [0.15, 0.2) is 11.5 Å². The molecule has 1 atom stereocenters. The van der Waals surface area contributed by atoms with Crippen LogP contribution in [0.3, 0.4) is 0 Å². The number of nitrogens with one attached hydrogen (secondary N) is 1. The second-order valence-electron chi connectivity index (χ2n) is 10.5. The Bertz CT molecular complexity index is 1660. The third kappa shape index (κ3) is 7.70. The number of carbonyl (C=O) groups excluding carboxylic acids is 2. The van der Waals surface area contributed by atoms with Crippen LogP contribution in [0, 0.1) is 0 Å². The van der Waals surface area contributed by atoms with E-state index in [0.29, 0.717) is 29.3 Å². The first kappa shape index (κ1) is 33.2. The molecule has 1 heterocycles. The number of benzene rings is 3. The number of nitrogens with zero attached hydrogens (tertiary/aromatic N) is 2. The van der Waals surface area contributed by atoms with Crippen molar-refractivity contribution in [3.63, 3.8) is 0 Å². The Hall–Kier alpha value is -4.68. The number of amides is 2. The first-order valence-electron chi connectivity index (χ1n) is 13.7. The predicted molar refractivity (Wildman–Crippen MR) is 156 cm³/mol. The summed E-state index contributed by atoms with van der Waals surface area (Å²) >= 11 is 0. The lowest BCUT2D eigenvalue weighted by Gasteiger charge is -2.29. The van der Waals surface area contributed by atoms with Gasteiger partial charge in [-0.25, -0.2) is 0 Å². The molecule has 240 valence electrons. The van der Waals surface area contributed by atoms with Crippen LogP contribution >= 0.6 is 0 Å². The van der Waals surface area contributed by atoms with Gasteiger partial charge in [0.05, 0.1) is 25.3 Å². The van der Waals surface area contributed by atoms with Crippen LogP contribution in [0.1, 0.15) is 39.9 Å². The molecule has 0 aliphatic rings. The molecular weight excluding hydrogens is 604 g/mol. The van der Waals surface area contributed by atoms with Gasteiger partial charge in [-0.15, -0.1) is 0 Å². The van der Waals surface area contributed by atoms with E-state index in [0.717, 1.165) is 21.4 Å². The molecule has 0 aliphatic heterocycles. The van der Waals surface area contributed by atoms with Crippen molar-refractivity contribution in [1.29, 1.82) is 0 Å². The van der Waals surface area contributed by atoms with Crippen molar-refractivity contribution in [2.75, 3.05) is 26.6 Å². The van der Waals surface area contributed by atoms with Gasteiger partial charge in [0.2, 0.25) is 5.91 Å². The number of hydrogen-bond acceptors (Lipinski definition) is 4. The van der Waals surface area contributed by atoms with Crippen molar-refractivity contribution in [3.8, 4) is 11.5 Å². The Kier molecular flexibility index (Phi) is 9.69. The van der Waals surface area contributed by atoms with Gasteiger partial charge in [0, 0.05) is 61.0 Å². The predicted octanol–water partition coefficient (Wildman–Crippen LogP) is 7.34. The number of likely N-dealkylation sites (N-methyl/N-ethyl adjacent to an activating group) is 1. The molecule has 13 heteroatoms. The molecule has 0 fully saturated rings. The number of para-hydroxylation sites is 1. The summed E-state index contributed by atoms with van der Waals surface area (Å²) < 4.78 is 93.5. The van der Waals surface area contributed by atoms with E-state index in [1.165, 1.54) is 21.3 Å². The lowest BCUT2D eigenvalue weighted by atomic mass is 9.98. The molecule has 3 aromatic carbocycles. The van der Waals surface area contributed by atoms with Crippen LogP contribution in [-0.2, 0) is 30.6 Å². The van der Waals surface area contributed by atoms with Crippen LogP contribution in [0.5, 0.6) is 11.5 Å². The average Bonchev–Trinajstić information content (AvgIpc) is 3.32. The zero-order valence-corrected chi connectivity index (χ0v) is 24.8. The maximum Gasteiger partial charge on any atom is 0.416 e. The highest BCUT2D eigenvalue weighted by atomic mass is 19.4. The van der Waals surface area contributed by atoms with Crippen LogP contribution in [0.4, 0.5) is 32.0 Å². The Morgan fingerprint density at radius 3 is 2.11 bits per heavy atom. The highest BCUT2D eigenvalue weighted by Gasteiger charge is 2.38. The Morgan fingerprint density at radius 2 is 1.51 bits per heavy atom. The third-order valence-electron chi connectivity index (χ3n) is 7.51. The SMILES string of the molecule is COc1ccc(NC(=O)CCC(Cc2cn(C)c3ccccc23)N(C)C(=O)c2cc(C(F)(F)F)cc(C(F)(F)F)c2)cc1OC. The lowest BCUT2D eigenvalue weighted by Crippen LogP contribution is -2.39. The quantitative estimate of drug-likeness (QED) is 0.185. The van der Waals surface area contributed by atoms with Gasteiger partial charge in [-0.05, 0) is 54.8 Å². The van der Waals surface area contributed by atoms with E-state index in [1.54, 1.807) is 18.2 Å². The molecule has 4 aromatic rings. The van der Waals surface area contributed by atoms with E-state index in [4.69, 9.17) is 9.47 Å². The van der Waals surface area contributed by atoms with Crippen LogP contribution in [0.15, 0.2) is 66.9 Å². The number of aromatic nitrogens is 1. The molecule has 2 amide bonds. The van der Waals surface area contributed by atoms with E-state index in [1.807, 2.05) is 42.1 Å². The van der Waals surface area contributed by atoms with Crippen molar-refractivity contribution in [1.82, 2.24) is 9.47 Å². The van der Waals surface area contributed by atoms with Gasteiger partial charge in [-0.2, -0.15) is 26.3 Å². The molecule has 0 saturated carbocycles. The monoisotopic (exact) mass is 635 g/mol. The number of anilines is 1. The summed E-state index contributed by atoms with van der Waals surface area (Å²) in [5, 5.41) is 3.60. The maximum atomic E-state index is 13.5. The smallest absolute Gasteiger partial charge is 0.416 e. The molecule has 0 radical (unpaired) electrons.